The Bertz CT molecular complexity index is 617. The minimum Gasteiger partial charge on any atom is -0.494 e. The quantitative estimate of drug-likeness (QED) is 0.489. The molecule has 1 unspecified atom stereocenters. The molecular weight excluding hydrogens is 427 g/mol. The van der Waals surface area contributed by atoms with Crippen LogP contribution in [0.15, 0.2) is 45.3 Å². The van der Waals surface area contributed by atoms with Gasteiger partial charge in [0.2, 0.25) is 0 Å². The van der Waals surface area contributed by atoms with Crippen LogP contribution in [0.5, 0.6) is 5.75 Å². The summed E-state index contributed by atoms with van der Waals surface area (Å²) in [6, 6.07) is 11.4. The molecule has 0 amide bonds. The fourth-order valence-corrected chi connectivity index (χ4v) is 3.72. The molecule has 0 saturated heterocycles. The fraction of sp³-hybridized carbons (Fsp3) is 0.200. The van der Waals surface area contributed by atoms with E-state index in [1.165, 1.54) is 0 Å². The van der Waals surface area contributed by atoms with Gasteiger partial charge in [0, 0.05) is 14.0 Å². The summed E-state index contributed by atoms with van der Waals surface area (Å²) in [5.74, 6) is 0.817. The van der Waals surface area contributed by atoms with Crippen LogP contribution in [0.4, 0.5) is 0 Å². The zero-order valence-corrected chi connectivity index (χ0v) is 15.4. The van der Waals surface area contributed by atoms with E-state index >= 15 is 0 Å². The normalized spacial score (nSPS) is 12.2. The highest BCUT2D eigenvalue weighted by atomic mass is 79.9. The number of ether oxygens (including phenoxy) is 1. The van der Waals surface area contributed by atoms with Crippen molar-refractivity contribution in [3.05, 3.63) is 61.5 Å². The lowest BCUT2D eigenvalue weighted by molar-refractivity contribution is 0.340. The van der Waals surface area contributed by atoms with Crippen molar-refractivity contribution in [1.82, 2.24) is 0 Å². The van der Waals surface area contributed by atoms with Crippen LogP contribution in [0.3, 0.4) is 0 Å². The van der Waals surface area contributed by atoms with Crippen LogP contribution >= 0.6 is 55.1 Å². The van der Waals surface area contributed by atoms with Gasteiger partial charge in [-0.2, -0.15) is 0 Å². The lowest BCUT2D eigenvalue weighted by Gasteiger charge is -2.15. The molecule has 0 N–H and O–H groups in total. The van der Waals surface area contributed by atoms with Crippen LogP contribution in [0, 0.1) is 0 Å². The van der Waals surface area contributed by atoms with Gasteiger partial charge in [-0.3, -0.25) is 0 Å². The molecule has 2 rings (SSSR count). The van der Waals surface area contributed by atoms with Gasteiger partial charge in [-0.1, -0.05) is 49.5 Å². The first-order chi connectivity index (χ1) is 9.52. The van der Waals surface area contributed by atoms with Crippen molar-refractivity contribution < 1.29 is 4.74 Å². The predicted molar refractivity (Wildman–Crippen MR) is 92.2 cm³/mol. The molecule has 0 saturated carbocycles. The largest absolute Gasteiger partial charge is 0.494 e. The summed E-state index contributed by atoms with van der Waals surface area (Å²) >= 11 is 19.7. The van der Waals surface area contributed by atoms with E-state index in [9.17, 15) is 0 Å². The molecule has 106 valence electrons. The first kappa shape index (κ1) is 16.2. The van der Waals surface area contributed by atoms with Crippen molar-refractivity contribution >= 4 is 55.1 Å². The van der Waals surface area contributed by atoms with Gasteiger partial charge in [-0.05, 0) is 48.4 Å². The lowest BCUT2D eigenvalue weighted by Crippen LogP contribution is -1.98. The molecule has 0 aliphatic rings. The maximum Gasteiger partial charge on any atom is 0.120 e. The summed E-state index contributed by atoms with van der Waals surface area (Å²) in [6.07, 6.45) is 0. The smallest absolute Gasteiger partial charge is 0.120 e. The first-order valence-corrected chi connectivity index (χ1v) is 8.44. The predicted octanol–water partition coefficient (Wildman–Crippen LogP) is 6.59. The SMILES string of the molecule is CCOc1ccc(C(Cl)c2cc(Cl)ccc2Br)c(Br)c1. The Morgan fingerprint density at radius 3 is 2.45 bits per heavy atom. The number of hydrogen-bond acceptors (Lipinski definition) is 1. The Labute approximate surface area is 145 Å². The van der Waals surface area contributed by atoms with Crippen LogP contribution in [-0.4, -0.2) is 6.61 Å². The number of rotatable bonds is 4. The summed E-state index contributed by atoms with van der Waals surface area (Å²) in [6.45, 7) is 2.59. The molecule has 2 aromatic rings. The van der Waals surface area contributed by atoms with E-state index in [-0.39, 0.29) is 5.38 Å². The van der Waals surface area contributed by atoms with E-state index in [0.717, 1.165) is 25.8 Å². The van der Waals surface area contributed by atoms with E-state index in [1.54, 1.807) is 0 Å². The van der Waals surface area contributed by atoms with E-state index in [0.29, 0.717) is 11.6 Å². The molecule has 1 atom stereocenters. The van der Waals surface area contributed by atoms with Crippen LogP contribution < -0.4 is 4.74 Å². The van der Waals surface area contributed by atoms with Crippen LogP contribution in [0.25, 0.3) is 0 Å². The Morgan fingerprint density at radius 1 is 1.05 bits per heavy atom. The highest BCUT2D eigenvalue weighted by molar-refractivity contribution is 9.10. The molecule has 20 heavy (non-hydrogen) atoms. The molecule has 2 aromatic carbocycles. The Hall–Kier alpha value is -0.220. The molecule has 0 aliphatic heterocycles. The molecule has 0 bridgehead atoms. The Morgan fingerprint density at radius 2 is 1.80 bits per heavy atom. The van der Waals surface area contributed by atoms with Crippen LogP contribution in [0.1, 0.15) is 23.4 Å². The lowest BCUT2D eigenvalue weighted by atomic mass is 10.0. The van der Waals surface area contributed by atoms with Gasteiger partial charge in [0.15, 0.2) is 0 Å². The second kappa shape index (κ2) is 7.17. The van der Waals surface area contributed by atoms with Crippen LogP contribution in [-0.2, 0) is 0 Å². The third-order valence-corrected chi connectivity index (χ3v) is 4.90. The van der Waals surface area contributed by atoms with Gasteiger partial charge in [0.05, 0.1) is 12.0 Å². The zero-order chi connectivity index (χ0) is 14.7. The van der Waals surface area contributed by atoms with Gasteiger partial charge in [0.25, 0.3) is 0 Å². The average Bonchev–Trinajstić information content (AvgIpc) is 2.41. The molecule has 0 aliphatic carbocycles. The number of hydrogen-bond donors (Lipinski definition) is 0. The second-order valence-corrected chi connectivity index (χ2v) is 6.73. The van der Waals surface area contributed by atoms with Crippen LogP contribution in [0.2, 0.25) is 5.02 Å². The molecule has 0 heterocycles. The number of benzene rings is 2. The summed E-state index contributed by atoms with van der Waals surface area (Å²) in [4.78, 5) is 0. The van der Waals surface area contributed by atoms with Gasteiger partial charge in [-0.15, -0.1) is 11.6 Å². The molecule has 5 heteroatoms. The van der Waals surface area contributed by atoms with Gasteiger partial charge in [-0.25, -0.2) is 0 Å². The van der Waals surface area contributed by atoms with Crippen molar-refractivity contribution in [3.63, 3.8) is 0 Å². The van der Waals surface area contributed by atoms with Gasteiger partial charge in [0.1, 0.15) is 5.75 Å². The summed E-state index contributed by atoms with van der Waals surface area (Å²) in [7, 11) is 0. The van der Waals surface area contributed by atoms with Crippen molar-refractivity contribution in [2.75, 3.05) is 6.61 Å². The highest BCUT2D eigenvalue weighted by Gasteiger charge is 2.17. The van der Waals surface area contributed by atoms with E-state index in [2.05, 4.69) is 31.9 Å². The molecule has 0 aromatic heterocycles. The summed E-state index contributed by atoms with van der Waals surface area (Å²) in [5, 5.41) is 0.365. The minimum absolute atomic E-state index is 0.298. The Balaban J connectivity index is 2.38. The fourth-order valence-electron chi connectivity index (χ4n) is 1.85. The third-order valence-electron chi connectivity index (χ3n) is 2.79. The zero-order valence-electron chi connectivity index (χ0n) is 10.7. The Kier molecular flexibility index (Phi) is 5.79. The highest BCUT2D eigenvalue weighted by Crippen LogP contribution is 2.39. The minimum atomic E-state index is -0.298. The average molecular weight is 439 g/mol. The molecule has 0 spiro atoms. The molecule has 0 radical (unpaired) electrons. The second-order valence-electron chi connectivity index (χ2n) is 4.14. The van der Waals surface area contributed by atoms with E-state index in [4.69, 9.17) is 27.9 Å². The van der Waals surface area contributed by atoms with Gasteiger partial charge >= 0.3 is 0 Å². The standard InChI is InChI=1S/C15H12Br2Cl2O/c1-2-20-10-4-5-11(14(17)8-10)15(19)12-7-9(18)3-6-13(12)16/h3-8,15H,2H2,1H3. The summed E-state index contributed by atoms with van der Waals surface area (Å²) < 4.78 is 7.31. The number of halogens is 4. The summed E-state index contributed by atoms with van der Waals surface area (Å²) in [5.41, 5.74) is 1.90. The van der Waals surface area contributed by atoms with Crippen molar-refractivity contribution in [3.8, 4) is 5.75 Å². The number of alkyl halides is 1. The molecular formula is C15H12Br2Cl2O. The molecule has 1 nitrogen and oxygen atoms in total. The third kappa shape index (κ3) is 3.70. The van der Waals surface area contributed by atoms with Crippen molar-refractivity contribution in [1.29, 1.82) is 0 Å². The van der Waals surface area contributed by atoms with E-state index < -0.39 is 0 Å². The first-order valence-electron chi connectivity index (χ1n) is 6.04. The monoisotopic (exact) mass is 436 g/mol. The topological polar surface area (TPSA) is 9.23 Å². The maximum atomic E-state index is 6.58. The van der Waals surface area contributed by atoms with Crippen molar-refractivity contribution in [2.24, 2.45) is 0 Å². The van der Waals surface area contributed by atoms with Gasteiger partial charge < -0.3 is 4.74 Å². The van der Waals surface area contributed by atoms with E-state index in [1.807, 2.05) is 43.3 Å². The maximum absolute atomic E-state index is 6.58. The van der Waals surface area contributed by atoms with Crippen molar-refractivity contribution in [2.45, 2.75) is 12.3 Å². The molecule has 0 fully saturated rings.